The summed E-state index contributed by atoms with van der Waals surface area (Å²) in [5.74, 6) is -0.441. The normalized spacial score (nSPS) is 10.4. The Morgan fingerprint density at radius 2 is 1.48 bits per heavy atom. The molecule has 0 unspecified atom stereocenters. The molecule has 0 fully saturated rings. The first-order valence-corrected chi connectivity index (χ1v) is 8.72. The molecule has 3 aromatic rings. The molecule has 5 heteroatoms. The standard InChI is InChI=1S/C22H19FN2O2/c23-20-8-6-17(7-9-20)10-13-24-21(26)16-25-14-11-19(12-15-25)22(27)18-4-2-1-3-5-18/h1-9,11-12,14-15H,10,13,16H2/p+1. The molecule has 0 radical (unpaired) electrons. The van der Waals surface area contributed by atoms with Crippen molar-refractivity contribution in [1.29, 1.82) is 0 Å². The lowest BCUT2D eigenvalue weighted by Gasteiger charge is -2.04. The van der Waals surface area contributed by atoms with Gasteiger partial charge in [0.2, 0.25) is 6.54 Å². The number of hydrogen-bond donors (Lipinski definition) is 1. The minimum Gasteiger partial charge on any atom is -0.350 e. The van der Waals surface area contributed by atoms with Gasteiger partial charge in [0.1, 0.15) is 5.82 Å². The fourth-order valence-corrected chi connectivity index (χ4v) is 2.69. The van der Waals surface area contributed by atoms with Gasteiger partial charge in [-0.3, -0.25) is 9.59 Å². The second kappa shape index (κ2) is 8.85. The topological polar surface area (TPSA) is 50.0 Å². The molecule has 0 atom stereocenters. The van der Waals surface area contributed by atoms with E-state index in [1.54, 1.807) is 53.4 Å². The van der Waals surface area contributed by atoms with Crippen LogP contribution >= 0.6 is 0 Å². The number of nitrogens with zero attached hydrogens (tertiary/aromatic N) is 1. The van der Waals surface area contributed by atoms with Gasteiger partial charge >= 0.3 is 0 Å². The summed E-state index contributed by atoms with van der Waals surface area (Å²) in [4.78, 5) is 24.4. The summed E-state index contributed by atoms with van der Waals surface area (Å²) in [6.45, 7) is 0.652. The van der Waals surface area contributed by atoms with Crippen LogP contribution in [0.15, 0.2) is 79.1 Å². The minimum atomic E-state index is -0.270. The zero-order valence-electron chi connectivity index (χ0n) is 14.8. The smallest absolute Gasteiger partial charge is 0.285 e. The van der Waals surface area contributed by atoms with E-state index in [0.717, 1.165) is 5.56 Å². The van der Waals surface area contributed by atoms with Crippen LogP contribution in [0, 0.1) is 5.82 Å². The van der Waals surface area contributed by atoms with Gasteiger partial charge in [-0.2, -0.15) is 4.57 Å². The van der Waals surface area contributed by atoms with Gasteiger partial charge in [0.05, 0.1) is 0 Å². The Labute approximate surface area is 157 Å². The zero-order valence-corrected chi connectivity index (χ0v) is 14.8. The fraction of sp³-hybridized carbons (Fsp3) is 0.136. The Morgan fingerprint density at radius 1 is 0.852 bits per heavy atom. The van der Waals surface area contributed by atoms with Crippen LogP contribution in [0.2, 0.25) is 0 Å². The van der Waals surface area contributed by atoms with Crippen LogP contribution in [0.3, 0.4) is 0 Å². The summed E-state index contributed by atoms with van der Waals surface area (Å²) in [7, 11) is 0. The molecule has 0 saturated carbocycles. The Hall–Kier alpha value is -3.34. The van der Waals surface area contributed by atoms with E-state index < -0.39 is 0 Å². The number of nitrogens with one attached hydrogen (secondary N) is 1. The van der Waals surface area contributed by atoms with Crippen LogP contribution in [0.25, 0.3) is 0 Å². The van der Waals surface area contributed by atoms with Crippen molar-refractivity contribution in [3.05, 3.63) is 102 Å². The molecule has 0 spiro atoms. The van der Waals surface area contributed by atoms with Crippen LogP contribution in [0.1, 0.15) is 21.5 Å². The number of ketones is 1. The van der Waals surface area contributed by atoms with Crippen molar-refractivity contribution >= 4 is 11.7 Å². The molecule has 1 N–H and O–H groups in total. The van der Waals surface area contributed by atoms with E-state index in [1.165, 1.54) is 12.1 Å². The van der Waals surface area contributed by atoms with Gasteiger partial charge in [-0.25, -0.2) is 4.39 Å². The number of carbonyl (C=O) groups is 2. The number of aromatic nitrogens is 1. The predicted octanol–water partition coefficient (Wildman–Crippen LogP) is 2.70. The van der Waals surface area contributed by atoms with E-state index in [-0.39, 0.29) is 24.1 Å². The van der Waals surface area contributed by atoms with Crippen molar-refractivity contribution in [2.75, 3.05) is 6.54 Å². The molecule has 0 aliphatic heterocycles. The molecular weight excluding hydrogens is 343 g/mol. The van der Waals surface area contributed by atoms with Gasteiger partial charge < -0.3 is 5.32 Å². The highest BCUT2D eigenvalue weighted by Crippen LogP contribution is 2.07. The van der Waals surface area contributed by atoms with Crippen molar-refractivity contribution in [1.82, 2.24) is 5.32 Å². The molecule has 3 rings (SSSR count). The molecule has 0 aliphatic carbocycles. The Balaban J connectivity index is 1.49. The number of amides is 1. The second-order valence-corrected chi connectivity index (χ2v) is 6.18. The predicted molar refractivity (Wildman–Crippen MR) is 99.6 cm³/mol. The summed E-state index contributed by atoms with van der Waals surface area (Å²) in [6, 6.07) is 18.7. The molecule has 2 aromatic carbocycles. The van der Waals surface area contributed by atoms with E-state index in [1.807, 2.05) is 18.2 Å². The molecule has 1 amide bonds. The summed E-state index contributed by atoms with van der Waals surface area (Å²) >= 11 is 0. The maximum absolute atomic E-state index is 12.9. The summed E-state index contributed by atoms with van der Waals surface area (Å²) in [5.41, 5.74) is 2.18. The maximum Gasteiger partial charge on any atom is 0.285 e. The average Bonchev–Trinajstić information content (AvgIpc) is 2.70. The van der Waals surface area contributed by atoms with Crippen molar-refractivity contribution in [3.8, 4) is 0 Å². The third-order valence-electron chi connectivity index (χ3n) is 4.16. The first-order chi connectivity index (χ1) is 13.1. The van der Waals surface area contributed by atoms with Gasteiger partial charge in [-0.1, -0.05) is 42.5 Å². The maximum atomic E-state index is 12.9. The highest BCUT2D eigenvalue weighted by Gasteiger charge is 2.12. The van der Waals surface area contributed by atoms with E-state index >= 15 is 0 Å². The van der Waals surface area contributed by atoms with Gasteiger partial charge in [0.15, 0.2) is 18.2 Å². The number of pyridine rings is 1. The SMILES string of the molecule is O=C(C[n+]1ccc(C(=O)c2ccccc2)cc1)NCCc1ccc(F)cc1. The van der Waals surface area contributed by atoms with E-state index in [4.69, 9.17) is 0 Å². The number of rotatable bonds is 7. The first kappa shape index (κ1) is 18.5. The number of hydrogen-bond acceptors (Lipinski definition) is 2. The summed E-state index contributed by atoms with van der Waals surface area (Å²) < 4.78 is 14.6. The molecule has 1 aromatic heterocycles. The highest BCUT2D eigenvalue weighted by molar-refractivity contribution is 6.08. The van der Waals surface area contributed by atoms with Gasteiger partial charge in [-0.15, -0.1) is 0 Å². The Morgan fingerprint density at radius 3 is 2.15 bits per heavy atom. The van der Waals surface area contributed by atoms with Crippen LogP contribution < -0.4 is 9.88 Å². The molecule has 27 heavy (non-hydrogen) atoms. The van der Waals surface area contributed by atoms with Crippen molar-refractivity contribution < 1.29 is 18.5 Å². The number of halogens is 1. The molecule has 0 bridgehead atoms. The number of carbonyl (C=O) groups excluding carboxylic acids is 2. The lowest BCUT2D eigenvalue weighted by molar-refractivity contribution is -0.684. The third-order valence-corrected chi connectivity index (χ3v) is 4.16. The van der Waals surface area contributed by atoms with E-state index in [2.05, 4.69) is 5.32 Å². The first-order valence-electron chi connectivity index (χ1n) is 8.72. The Bertz CT molecular complexity index is 907. The third kappa shape index (κ3) is 5.31. The molecule has 4 nitrogen and oxygen atoms in total. The lowest BCUT2D eigenvalue weighted by Crippen LogP contribution is -2.43. The van der Waals surface area contributed by atoms with Crippen molar-refractivity contribution in [2.45, 2.75) is 13.0 Å². The second-order valence-electron chi connectivity index (χ2n) is 6.18. The molecular formula is C22H20FN2O2+. The van der Waals surface area contributed by atoms with E-state index in [0.29, 0.717) is 24.1 Å². The van der Waals surface area contributed by atoms with Gasteiger partial charge in [-0.05, 0) is 24.1 Å². The van der Waals surface area contributed by atoms with Crippen molar-refractivity contribution in [2.24, 2.45) is 0 Å². The fourth-order valence-electron chi connectivity index (χ4n) is 2.69. The Kier molecular flexibility index (Phi) is 6.05. The van der Waals surface area contributed by atoms with Gasteiger partial charge in [0.25, 0.3) is 5.91 Å². The number of benzene rings is 2. The largest absolute Gasteiger partial charge is 0.350 e. The van der Waals surface area contributed by atoms with Gasteiger partial charge in [0, 0.05) is 29.8 Å². The average molecular weight is 363 g/mol. The van der Waals surface area contributed by atoms with Crippen LogP contribution in [0.5, 0.6) is 0 Å². The zero-order chi connectivity index (χ0) is 19.1. The highest BCUT2D eigenvalue weighted by atomic mass is 19.1. The lowest BCUT2D eigenvalue weighted by atomic mass is 10.0. The summed E-state index contributed by atoms with van der Waals surface area (Å²) in [5, 5.41) is 2.84. The summed E-state index contributed by atoms with van der Waals surface area (Å²) in [6.07, 6.45) is 4.08. The molecule has 1 heterocycles. The monoisotopic (exact) mass is 363 g/mol. The van der Waals surface area contributed by atoms with E-state index in [9.17, 15) is 14.0 Å². The van der Waals surface area contributed by atoms with Crippen molar-refractivity contribution in [3.63, 3.8) is 0 Å². The minimum absolute atomic E-state index is 0.0495. The molecule has 0 saturated heterocycles. The van der Waals surface area contributed by atoms with Crippen LogP contribution in [-0.4, -0.2) is 18.2 Å². The van der Waals surface area contributed by atoms with Crippen LogP contribution in [0.4, 0.5) is 4.39 Å². The molecule has 0 aliphatic rings. The molecule has 136 valence electrons. The van der Waals surface area contributed by atoms with Crippen LogP contribution in [-0.2, 0) is 17.8 Å². The quantitative estimate of drug-likeness (QED) is 0.518.